The van der Waals surface area contributed by atoms with E-state index in [1.807, 2.05) is 40.8 Å². The standard InChI is InChI=1S/C27H44N6O4/c1-16(2)22(25(36)28-18-9-7-6-8-10-18)29-24(35)21-13-19(34)14-32(21)26(37)23(27(3,4)5)33-15-20(30-31-33)17-11-12-17/h15-19,21-23,34H,6-14H2,1-5H3,(H,28,36)(H,29,35)/t19-,21+,22+,23-/m1/s1. The SMILES string of the molecule is CC(C)[C@H](NC(=O)[C@@H]1C[C@@H](O)CN1C(=O)[C@@H](n1cc(C2CC2)nn1)C(C)(C)C)C(=O)NC1CCCCC1. The lowest BCUT2D eigenvalue weighted by molar-refractivity contribution is -0.144. The number of rotatable bonds is 8. The van der Waals surface area contributed by atoms with Crippen molar-refractivity contribution in [3.63, 3.8) is 0 Å². The predicted molar refractivity (Wildman–Crippen MR) is 138 cm³/mol. The summed E-state index contributed by atoms with van der Waals surface area (Å²) in [5, 5.41) is 25.1. The van der Waals surface area contributed by atoms with Gasteiger partial charge in [-0.15, -0.1) is 5.10 Å². The summed E-state index contributed by atoms with van der Waals surface area (Å²) in [6, 6.07) is -2.11. The van der Waals surface area contributed by atoms with Crippen LogP contribution in [0.3, 0.4) is 0 Å². The van der Waals surface area contributed by atoms with Gasteiger partial charge in [0, 0.05) is 31.1 Å². The number of carbonyl (C=O) groups excluding carboxylic acids is 3. The van der Waals surface area contributed by atoms with Crippen LogP contribution >= 0.6 is 0 Å². The van der Waals surface area contributed by atoms with Crippen LogP contribution in [-0.2, 0) is 14.4 Å². The number of nitrogens with zero attached hydrogens (tertiary/aromatic N) is 4. The van der Waals surface area contributed by atoms with Gasteiger partial charge in [0.05, 0.1) is 11.8 Å². The molecule has 3 fully saturated rings. The van der Waals surface area contributed by atoms with Crippen molar-refractivity contribution in [2.45, 2.75) is 122 Å². The van der Waals surface area contributed by atoms with E-state index < -0.39 is 35.6 Å². The zero-order valence-corrected chi connectivity index (χ0v) is 22.9. The van der Waals surface area contributed by atoms with Gasteiger partial charge in [0.15, 0.2) is 0 Å². The number of hydrogen-bond donors (Lipinski definition) is 3. The van der Waals surface area contributed by atoms with E-state index in [-0.39, 0.29) is 36.7 Å². The van der Waals surface area contributed by atoms with E-state index in [2.05, 4.69) is 20.9 Å². The van der Waals surface area contributed by atoms with Crippen LogP contribution in [0, 0.1) is 11.3 Å². The molecule has 37 heavy (non-hydrogen) atoms. The molecular formula is C27H44N6O4. The molecule has 1 saturated heterocycles. The number of nitrogens with one attached hydrogen (secondary N) is 2. The summed E-state index contributed by atoms with van der Waals surface area (Å²) >= 11 is 0. The normalized spacial score (nSPS) is 24.7. The Kier molecular flexibility index (Phi) is 8.26. The fourth-order valence-electron chi connectivity index (χ4n) is 5.65. The van der Waals surface area contributed by atoms with E-state index in [4.69, 9.17) is 0 Å². The third kappa shape index (κ3) is 6.51. The molecular weight excluding hydrogens is 472 g/mol. The quantitative estimate of drug-likeness (QED) is 0.486. The molecule has 0 bridgehead atoms. The first kappa shape index (κ1) is 27.5. The van der Waals surface area contributed by atoms with Gasteiger partial charge in [0.1, 0.15) is 18.1 Å². The van der Waals surface area contributed by atoms with Crippen LogP contribution in [0.1, 0.15) is 104 Å². The number of β-amino-alcohol motifs (C(OH)–C–C–N with tert-alkyl or cyclic N) is 1. The highest BCUT2D eigenvalue weighted by molar-refractivity contribution is 5.93. The molecule has 3 amide bonds. The van der Waals surface area contributed by atoms with Gasteiger partial charge < -0.3 is 20.6 Å². The van der Waals surface area contributed by atoms with Crippen molar-refractivity contribution in [3.8, 4) is 0 Å². The molecule has 4 rings (SSSR count). The van der Waals surface area contributed by atoms with Crippen LogP contribution in [0.25, 0.3) is 0 Å². The van der Waals surface area contributed by atoms with Gasteiger partial charge in [0.2, 0.25) is 17.7 Å². The maximum Gasteiger partial charge on any atom is 0.248 e. The zero-order chi connectivity index (χ0) is 26.9. The molecule has 4 atom stereocenters. The summed E-state index contributed by atoms with van der Waals surface area (Å²) in [6.07, 6.45) is 8.64. The van der Waals surface area contributed by atoms with Crippen LogP contribution < -0.4 is 10.6 Å². The van der Waals surface area contributed by atoms with E-state index in [1.165, 1.54) is 11.3 Å². The lowest BCUT2D eigenvalue weighted by Crippen LogP contribution is -2.57. The van der Waals surface area contributed by atoms with Gasteiger partial charge in [0.25, 0.3) is 0 Å². The predicted octanol–water partition coefficient (Wildman–Crippen LogP) is 2.29. The number of aliphatic hydroxyl groups excluding tert-OH is 1. The van der Waals surface area contributed by atoms with Crippen molar-refractivity contribution < 1.29 is 19.5 Å². The van der Waals surface area contributed by atoms with Gasteiger partial charge in [-0.25, -0.2) is 4.68 Å². The van der Waals surface area contributed by atoms with Gasteiger partial charge in [-0.3, -0.25) is 14.4 Å². The Morgan fingerprint density at radius 1 is 1.08 bits per heavy atom. The summed E-state index contributed by atoms with van der Waals surface area (Å²) in [7, 11) is 0. The van der Waals surface area contributed by atoms with E-state index in [9.17, 15) is 19.5 Å². The van der Waals surface area contributed by atoms with E-state index in [0.717, 1.165) is 44.2 Å². The van der Waals surface area contributed by atoms with Crippen molar-refractivity contribution in [2.75, 3.05) is 6.54 Å². The van der Waals surface area contributed by atoms with Crippen molar-refractivity contribution in [2.24, 2.45) is 11.3 Å². The molecule has 0 spiro atoms. The van der Waals surface area contributed by atoms with Crippen molar-refractivity contribution in [3.05, 3.63) is 11.9 Å². The Balaban J connectivity index is 1.49. The second-order valence-corrected chi connectivity index (χ2v) is 12.6. The molecule has 0 aromatic carbocycles. The Morgan fingerprint density at radius 2 is 1.76 bits per heavy atom. The van der Waals surface area contributed by atoms with Crippen LogP contribution in [0.4, 0.5) is 0 Å². The molecule has 0 unspecified atom stereocenters. The molecule has 1 aromatic rings. The molecule has 2 saturated carbocycles. The highest BCUT2D eigenvalue weighted by Gasteiger charge is 2.46. The molecule has 2 heterocycles. The Morgan fingerprint density at radius 3 is 2.35 bits per heavy atom. The second-order valence-electron chi connectivity index (χ2n) is 12.6. The first-order valence-corrected chi connectivity index (χ1v) is 14.0. The molecule has 0 radical (unpaired) electrons. The van der Waals surface area contributed by atoms with E-state index in [1.54, 1.807) is 4.68 Å². The van der Waals surface area contributed by atoms with Crippen LogP contribution in [0.5, 0.6) is 0 Å². The largest absolute Gasteiger partial charge is 0.391 e. The minimum Gasteiger partial charge on any atom is -0.391 e. The van der Waals surface area contributed by atoms with Crippen LogP contribution in [0.15, 0.2) is 6.20 Å². The lowest BCUT2D eigenvalue weighted by atomic mass is 9.85. The highest BCUT2D eigenvalue weighted by atomic mass is 16.3. The molecule has 1 aromatic heterocycles. The van der Waals surface area contributed by atoms with Crippen molar-refractivity contribution >= 4 is 17.7 Å². The number of amides is 3. The summed E-state index contributed by atoms with van der Waals surface area (Å²) < 4.78 is 1.62. The first-order chi connectivity index (χ1) is 17.5. The number of aliphatic hydroxyl groups is 1. The minimum atomic E-state index is -0.859. The fraction of sp³-hybridized carbons (Fsp3) is 0.815. The summed E-state index contributed by atoms with van der Waals surface area (Å²) in [6.45, 7) is 9.74. The first-order valence-electron chi connectivity index (χ1n) is 14.0. The van der Waals surface area contributed by atoms with Crippen molar-refractivity contribution in [1.82, 2.24) is 30.5 Å². The molecule has 10 heteroatoms. The van der Waals surface area contributed by atoms with Crippen molar-refractivity contribution in [1.29, 1.82) is 0 Å². The van der Waals surface area contributed by atoms with Gasteiger partial charge in [-0.2, -0.15) is 0 Å². The monoisotopic (exact) mass is 516 g/mol. The second kappa shape index (κ2) is 11.1. The van der Waals surface area contributed by atoms with E-state index >= 15 is 0 Å². The Hall–Kier alpha value is -2.49. The summed E-state index contributed by atoms with van der Waals surface area (Å²) in [5.41, 5.74) is 0.391. The maximum absolute atomic E-state index is 13.9. The molecule has 10 nitrogen and oxygen atoms in total. The fourth-order valence-corrected chi connectivity index (χ4v) is 5.65. The lowest BCUT2D eigenvalue weighted by Gasteiger charge is -2.35. The average molecular weight is 517 g/mol. The van der Waals surface area contributed by atoms with Gasteiger partial charge in [-0.05, 0) is 37.0 Å². The number of hydrogen-bond acceptors (Lipinski definition) is 6. The van der Waals surface area contributed by atoms with Crippen LogP contribution in [0.2, 0.25) is 0 Å². The zero-order valence-electron chi connectivity index (χ0n) is 22.9. The molecule has 2 aliphatic carbocycles. The third-order valence-corrected chi connectivity index (χ3v) is 7.91. The van der Waals surface area contributed by atoms with E-state index in [0.29, 0.717) is 5.92 Å². The maximum atomic E-state index is 13.9. The van der Waals surface area contributed by atoms with Gasteiger partial charge in [-0.1, -0.05) is 59.1 Å². The molecule has 3 aliphatic rings. The number of likely N-dealkylation sites (tertiary alicyclic amines) is 1. The molecule has 3 N–H and O–H groups in total. The number of carbonyl (C=O) groups is 3. The molecule has 206 valence electrons. The highest BCUT2D eigenvalue weighted by Crippen LogP contribution is 2.40. The molecule has 1 aliphatic heterocycles. The smallest absolute Gasteiger partial charge is 0.248 e. The Labute approximate surface area is 219 Å². The summed E-state index contributed by atoms with van der Waals surface area (Å²) in [5.74, 6) is -0.586. The number of aromatic nitrogens is 3. The summed E-state index contributed by atoms with van der Waals surface area (Å²) in [4.78, 5) is 42.0. The minimum absolute atomic E-state index is 0.0638. The van der Waals surface area contributed by atoms with Gasteiger partial charge >= 0.3 is 0 Å². The topological polar surface area (TPSA) is 129 Å². The average Bonchev–Trinajstić information content (AvgIpc) is 3.43. The third-order valence-electron chi connectivity index (χ3n) is 7.91. The van der Waals surface area contributed by atoms with Crippen LogP contribution in [-0.4, -0.2) is 73.5 Å². The Bertz CT molecular complexity index is 976.